The highest BCUT2D eigenvalue weighted by Crippen LogP contribution is 2.25. The van der Waals surface area contributed by atoms with Crippen molar-refractivity contribution < 1.29 is 29.3 Å². The predicted octanol–water partition coefficient (Wildman–Crippen LogP) is 1.53. The maximum Gasteiger partial charge on any atom is 0.331 e. The number of phenolic OH excluding ortho intramolecular Hbond substituents is 2. The summed E-state index contributed by atoms with van der Waals surface area (Å²) < 4.78 is 9.89. The zero-order valence-corrected chi connectivity index (χ0v) is 11.3. The lowest BCUT2D eigenvalue weighted by atomic mass is 10.2. The van der Waals surface area contributed by atoms with E-state index in [0.717, 1.165) is 0 Å². The number of aromatic hydroxyl groups is 2. The van der Waals surface area contributed by atoms with E-state index in [2.05, 4.69) is 0 Å². The molecule has 6 heteroatoms. The zero-order chi connectivity index (χ0) is 15.4. The van der Waals surface area contributed by atoms with Crippen LogP contribution in [-0.4, -0.2) is 34.9 Å². The molecule has 0 saturated heterocycles. The van der Waals surface area contributed by atoms with Crippen molar-refractivity contribution in [3.8, 4) is 11.5 Å². The molecule has 0 radical (unpaired) electrons. The normalized spacial score (nSPS) is 17.7. The van der Waals surface area contributed by atoms with Crippen LogP contribution in [0.4, 0.5) is 0 Å². The van der Waals surface area contributed by atoms with Gasteiger partial charge < -0.3 is 19.7 Å². The van der Waals surface area contributed by atoms with Gasteiger partial charge in [-0.3, -0.25) is 0 Å². The van der Waals surface area contributed by atoms with Gasteiger partial charge in [0.25, 0.3) is 0 Å². The number of ether oxygens (including phenoxy) is 2. The lowest BCUT2D eigenvalue weighted by Gasteiger charge is -2.10. The van der Waals surface area contributed by atoms with Crippen LogP contribution in [0, 0.1) is 0 Å². The second-order valence-corrected chi connectivity index (χ2v) is 4.53. The molecule has 110 valence electrons. The Labute approximate surface area is 120 Å². The molecule has 1 atom stereocenters. The highest BCUT2D eigenvalue weighted by molar-refractivity contribution is 5.88. The lowest BCUT2D eigenvalue weighted by Crippen LogP contribution is -2.20. The van der Waals surface area contributed by atoms with Crippen LogP contribution in [0.15, 0.2) is 35.9 Å². The van der Waals surface area contributed by atoms with E-state index in [4.69, 9.17) is 14.6 Å². The standard InChI is InChI=1S/C15H14O6/c1-9-6-15(19)21-13(9)8-20-14(18)5-3-10-2-4-11(16)12(17)7-10/h2-7,13,16-17H,8H2,1H3/t13-/m0/s1. The maximum atomic E-state index is 11.5. The van der Waals surface area contributed by atoms with Crippen LogP contribution in [0.3, 0.4) is 0 Å². The number of cyclic esters (lactones) is 1. The first-order chi connectivity index (χ1) is 9.95. The average molecular weight is 290 g/mol. The van der Waals surface area contributed by atoms with Crippen LogP contribution in [0.5, 0.6) is 11.5 Å². The molecule has 0 aromatic heterocycles. The van der Waals surface area contributed by atoms with Gasteiger partial charge in [0.05, 0.1) is 0 Å². The van der Waals surface area contributed by atoms with Gasteiger partial charge in [-0.2, -0.15) is 0 Å². The van der Waals surface area contributed by atoms with Gasteiger partial charge in [-0.05, 0) is 36.3 Å². The molecule has 0 aliphatic carbocycles. The molecule has 1 aliphatic heterocycles. The average Bonchev–Trinajstić information content (AvgIpc) is 2.76. The molecule has 1 aromatic rings. The van der Waals surface area contributed by atoms with Gasteiger partial charge in [0.1, 0.15) is 6.61 Å². The lowest BCUT2D eigenvalue weighted by molar-refractivity contribution is -0.148. The van der Waals surface area contributed by atoms with Crippen molar-refractivity contribution in [3.63, 3.8) is 0 Å². The summed E-state index contributed by atoms with van der Waals surface area (Å²) in [4.78, 5) is 22.5. The largest absolute Gasteiger partial charge is 0.504 e. The number of carbonyl (C=O) groups excluding carboxylic acids is 2. The number of phenols is 2. The molecule has 6 nitrogen and oxygen atoms in total. The summed E-state index contributed by atoms with van der Waals surface area (Å²) in [5.41, 5.74) is 1.24. The maximum absolute atomic E-state index is 11.5. The van der Waals surface area contributed by atoms with Crippen molar-refractivity contribution in [2.45, 2.75) is 13.0 Å². The number of hydrogen-bond acceptors (Lipinski definition) is 6. The van der Waals surface area contributed by atoms with E-state index in [1.165, 1.54) is 36.4 Å². The van der Waals surface area contributed by atoms with Crippen molar-refractivity contribution in [2.75, 3.05) is 6.61 Å². The highest BCUT2D eigenvalue weighted by atomic mass is 16.6. The molecule has 0 unspecified atom stereocenters. The molecule has 1 aliphatic rings. The molecular formula is C15H14O6. The minimum atomic E-state index is -0.599. The van der Waals surface area contributed by atoms with E-state index in [-0.39, 0.29) is 18.1 Å². The van der Waals surface area contributed by atoms with Gasteiger partial charge in [-0.1, -0.05) is 6.07 Å². The molecule has 0 bridgehead atoms. The van der Waals surface area contributed by atoms with Crippen LogP contribution in [-0.2, 0) is 19.1 Å². The number of carbonyl (C=O) groups is 2. The SMILES string of the molecule is CC1=CC(=O)O[C@H]1COC(=O)C=Cc1ccc(O)c(O)c1. The second-order valence-electron chi connectivity index (χ2n) is 4.53. The van der Waals surface area contributed by atoms with Crippen molar-refractivity contribution >= 4 is 18.0 Å². The number of esters is 2. The molecule has 0 saturated carbocycles. The number of rotatable bonds is 4. The molecule has 0 amide bonds. The Hall–Kier alpha value is -2.76. The number of benzene rings is 1. The quantitative estimate of drug-likeness (QED) is 0.496. The van der Waals surface area contributed by atoms with Crippen LogP contribution in [0.25, 0.3) is 6.08 Å². The summed E-state index contributed by atoms with van der Waals surface area (Å²) in [7, 11) is 0. The van der Waals surface area contributed by atoms with Crippen molar-refractivity contribution in [1.29, 1.82) is 0 Å². The fourth-order valence-corrected chi connectivity index (χ4v) is 1.73. The van der Waals surface area contributed by atoms with Crippen molar-refractivity contribution in [1.82, 2.24) is 0 Å². The van der Waals surface area contributed by atoms with Crippen LogP contribution >= 0.6 is 0 Å². The Balaban J connectivity index is 1.87. The topological polar surface area (TPSA) is 93.1 Å². The molecule has 0 fully saturated rings. The van der Waals surface area contributed by atoms with Crippen molar-refractivity contribution in [3.05, 3.63) is 41.5 Å². The second kappa shape index (κ2) is 6.13. The first-order valence-electron chi connectivity index (χ1n) is 6.21. The molecule has 2 N–H and O–H groups in total. The van der Waals surface area contributed by atoms with Gasteiger partial charge in [-0.25, -0.2) is 9.59 Å². The fourth-order valence-electron chi connectivity index (χ4n) is 1.73. The summed E-state index contributed by atoms with van der Waals surface area (Å²) in [6.45, 7) is 1.68. The van der Waals surface area contributed by atoms with Crippen molar-refractivity contribution in [2.24, 2.45) is 0 Å². The zero-order valence-electron chi connectivity index (χ0n) is 11.3. The molecular weight excluding hydrogens is 276 g/mol. The molecule has 1 aromatic carbocycles. The minimum absolute atomic E-state index is 0.0436. The summed E-state index contributed by atoms with van der Waals surface area (Å²) in [6, 6.07) is 4.15. The van der Waals surface area contributed by atoms with Crippen LogP contribution in [0.1, 0.15) is 12.5 Å². The molecule has 2 rings (SSSR count). The van der Waals surface area contributed by atoms with E-state index < -0.39 is 18.0 Å². The Morgan fingerprint density at radius 2 is 2.14 bits per heavy atom. The highest BCUT2D eigenvalue weighted by Gasteiger charge is 2.23. The Kier molecular flexibility index (Phi) is 4.27. The van der Waals surface area contributed by atoms with Crippen LogP contribution < -0.4 is 0 Å². The summed E-state index contributed by atoms with van der Waals surface area (Å²) in [5.74, 6) is -1.55. The van der Waals surface area contributed by atoms with E-state index >= 15 is 0 Å². The van der Waals surface area contributed by atoms with Crippen LogP contribution in [0.2, 0.25) is 0 Å². The Bertz CT molecular complexity index is 629. The van der Waals surface area contributed by atoms with E-state index in [9.17, 15) is 14.7 Å². The van der Waals surface area contributed by atoms with Gasteiger partial charge in [0, 0.05) is 12.2 Å². The van der Waals surface area contributed by atoms with E-state index in [1.54, 1.807) is 6.92 Å². The minimum Gasteiger partial charge on any atom is -0.504 e. The predicted molar refractivity (Wildman–Crippen MR) is 73.4 cm³/mol. The van der Waals surface area contributed by atoms with E-state index in [0.29, 0.717) is 11.1 Å². The molecule has 1 heterocycles. The third kappa shape index (κ3) is 3.85. The van der Waals surface area contributed by atoms with Gasteiger partial charge in [-0.15, -0.1) is 0 Å². The Morgan fingerprint density at radius 1 is 1.38 bits per heavy atom. The van der Waals surface area contributed by atoms with Gasteiger partial charge >= 0.3 is 11.9 Å². The summed E-state index contributed by atoms with van der Waals surface area (Å²) in [5, 5.41) is 18.5. The van der Waals surface area contributed by atoms with E-state index in [1.807, 2.05) is 0 Å². The summed E-state index contributed by atoms with van der Waals surface area (Å²) >= 11 is 0. The molecule has 0 spiro atoms. The smallest absolute Gasteiger partial charge is 0.331 e. The monoisotopic (exact) mass is 290 g/mol. The number of hydrogen-bond donors (Lipinski definition) is 2. The first-order valence-corrected chi connectivity index (χ1v) is 6.21. The first kappa shape index (κ1) is 14.6. The Morgan fingerprint density at radius 3 is 2.76 bits per heavy atom. The van der Waals surface area contributed by atoms with Gasteiger partial charge in [0.15, 0.2) is 17.6 Å². The van der Waals surface area contributed by atoms with Gasteiger partial charge in [0.2, 0.25) is 0 Å². The summed E-state index contributed by atoms with van der Waals surface area (Å²) in [6.07, 6.45) is 3.44. The third-order valence-electron chi connectivity index (χ3n) is 2.90. The fraction of sp³-hybridized carbons (Fsp3) is 0.200. The third-order valence-corrected chi connectivity index (χ3v) is 2.90. The molecule has 21 heavy (non-hydrogen) atoms.